The Morgan fingerprint density at radius 3 is 2.80 bits per heavy atom. The maximum absolute atomic E-state index is 11.3. The van der Waals surface area contributed by atoms with Gasteiger partial charge in [0, 0.05) is 6.08 Å². The second-order valence-electron chi connectivity index (χ2n) is 3.78. The van der Waals surface area contributed by atoms with Gasteiger partial charge >= 0.3 is 5.97 Å². The highest BCUT2D eigenvalue weighted by atomic mass is 16.5. The number of hydrogen-bond acceptors (Lipinski definition) is 2. The summed E-state index contributed by atoms with van der Waals surface area (Å²) in [6.45, 7) is 6.39. The van der Waals surface area contributed by atoms with Crippen molar-refractivity contribution in [2.24, 2.45) is 0 Å². The van der Waals surface area contributed by atoms with Gasteiger partial charge in [-0.2, -0.15) is 0 Å². The largest absolute Gasteiger partial charge is 0.463 e. The topological polar surface area (TPSA) is 26.3 Å². The third kappa shape index (κ3) is 3.74. The molecule has 2 nitrogen and oxygen atoms in total. The number of esters is 1. The van der Waals surface area contributed by atoms with Gasteiger partial charge in [0.05, 0.1) is 6.61 Å². The van der Waals surface area contributed by atoms with Crippen LogP contribution >= 0.6 is 0 Å². The Balaban J connectivity index is 2.76. The minimum Gasteiger partial charge on any atom is -0.463 e. The first-order valence-electron chi connectivity index (χ1n) is 5.35. The molecule has 2 heteroatoms. The van der Waals surface area contributed by atoms with E-state index in [1.807, 2.05) is 13.8 Å². The van der Waals surface area contributed by atoms with Gasteiger partial charge in [0.25, 0.3) is 0 Å². The molecule has 1 aliphatic carbocycles. The lowest BCUT2D eigenvalue weighted by Gasteiger charge is -2.05. The lowest BCUT2D eigenvalue weighted by Crippen LogP contribution is -2.01. The van der Waals surface area contributed by atoms with Crippen LogP contribution in [0.3, 0.4) is 0 Å². The SMILES string of the molecule is CCOC(=O)/C=C1/CCC(C)=CC=C1C. The number of rotatable bonds is 2. The van der Waals surface area contributed by atoms with Crippen molar-refractivity contribution >= 4 is 5.97 Å². The van der Waals surface area contributed by atoms with Crippen LogP contribution in [0.25, 0.3) is 0 Å². The smallest absolute Gasteiger partial charge is 0.331 e. The summed E-state index contributed by atoms with van der Waals surface area (Å²) in [4.78, 5) is 11.3. The van der Waals surface area contributed by atoms with Gasteiger partial charge in [-0.15, -0.1) is 0 Å². The first-order valence-corrected chi connectivity index (χ1v) is 5.35. The van der Waals surface area contributed by atoms with Crippen LogP contribution in [0.2, 0.25) is 0 Å². The molecule has 0 saturated heterocycles. The second kappa shape index (κ2) is 5.54. The van der Waals surface area contributed by atoms with Crippen LogP contribution in [-0.2, 0) is 9.53 Å². The maximum atomic E-state index is 11.3. The van der Waals surface area contributed by atoms with E-state index in [2.05, 4.69) is 19.1 Å². The molecule has 0 N–H and O–H groups in total. The second-order valence-corrected chi connectivity index (χ2v) is 3.78. The molecule has 15 heavy (non-hydrogen) atoms. The van der Waals surface area contributed by atoms with Crippen LogP contribution in [0, 0.1) is 0 Å². The van der Waals surface area contributed by atoms with Crippen molar-refractivity contribution in [3.8, 4) is 0 Å². The van der Waals surface area contributed by atoms with Crippen LogP contribution in [0.15, 0.2) is 34.9 Å². The summed E-state index contributed by atoms with van der Waals surface area (Å²) in [5.41, 5.74) is 3.59. The maximum Gasteiger partial charge on any atom is 0.331 e. The Morgan fingerprint density at radius 1 is 1.40 bits per heavy atom. The van der Waals surface area contributed by atoms with Crippen molar-refractivity contribution in [3.63, 3.8) is 0 Å². The number of carbonyl (C=O) groups excluding carboxylic acids is 1. The zero-order valence-corrected chi connectivity index (χ0v) is 9.67. The summed E-state index contributed by atoms with van der Waals surface area (Å²) < 4.78 is 4.90. The summed E-state index contributed by atoms with van der Waals surface area (Å²) in [5.74, 6) is -0.236. The van der Waals surface area contributed by atoms with Crippen molar-refractivity contribution in [3.05, 3.63) is 34.9 Å². The molecule has 0 atom stereocenters. The molecule has 1 aliphatic rings. The van der Waals surface area contributed by atoms with E-state index in [4.69, 9.17) is 4.74 Å². The standard InChI is InChI=1S/C13H18O2/c1-4-15-13(14)9-12-8-6-10(2)5-7-11(12)3/h5,7,9H,4,6,8H2,1-3H3/b12-9-. The van der Waals surface area contributed by atoms with E-state index >= 15 is 0 Å². The van der Waals surface area contributed by atoms with E-state index in [0.29, 0.717) is 6.61 Å². The molecule has 0 unspecified atom stereocenters. The van der Waals surface area contributed by atoms with Crippen molar-refractivity contribution in [2.75, 3.05) is 6.61 Å². The Bertz CT molecular complexity index is 332. The van der Waals surface area contributed by atoms with Crippen LogP contribution in [0.4, 0.5) is 0 Å². The fourth-order valence-electron chi connectivity index (χ4n) is 1.50. The van der Waals surface area contributed by atoms with Gasteiger partial charge in [0.15, 0.2) is 0 Å². The molecule has 0 spiro atoms. The van der Waals surface area contributed by atoms with E-state index in [1.165, 1.54) is 5.57 Å². The zero-order chi connectivity index (χ0) is 11.3. The highest BCUT2D eigenvalue weighted by Crippen LogP contribution is 2.22. The van der Waals surface area contributed by atoms with E-state index < -0.39 is 0 Å². The highest BCUT2D eigenvalue weighted by molar-refractivity contribution is 5.83. The molecule has 0 aromatic heterocycles. The monoisotopic (exact) mass is 206 g/mol. The lowest BCUT2D eigenvalue weighted by atomic mass is 10.0. The normalized spacial score (nSPS) is 19.3. The molecule has 0 fully saturated rings. The highest BCUT2D eigenvalue weighted by Gasteiger charge is 2.07. The molecule has 0 aromatic carbocycles. The average Bonchev–Trinajstić information content (AvgIpc) is 2.33. The minimum atomic E-state index is -0.236. The van der Waals surface area contributed by atoms with Crippen LogP contribution in [-0.4, -0.2) is 12.6 Å². The third-order valence-corrected chi connectivity index (χ3v) is 2.49. The molecule has 0 amide bonds. The molecule has 0 saturated carbocycles. The predicted molar refractivity (Wildman–Crippen MR) is 61.5 cm³/mol. The van der Waals surface area contributed by atoms with Crippen LogP contribution in [0.1, 0.15) is 33.6 Å². The van der Waals surface area contributed by atoms with E-state index in [-0.39, 0.29) is 5.97 Å². The molecule has 0 bridgehead atoms. The van der Waals surface area contributed by atoms with Gasteiger partial charge in [-0.3, -0.25) is 0 Å². The van der Waals surface area contributed by atoms with Crippen molar-refractivity contribution in [1.82, 2.24) is 0 Å². The molecular weight excluding hydrogens is 188 g/mol. The van der Waals surface area contributed by atoms with E-state index in [9.17, 15) is 4.79 Å². The molecule has 82 valence electrons. The summed E-state index contributed by atoms with van der Waals surface area (Å²) in [6.07, 6.45) is 7.72. The fourth-order valence-corrected chi connectivity index (χ4v) is 1.50. The van der Waals surface area contributed by atoms with E-state index in [1.54, 1.807) is 6.08 Å². The number of carbonyl (C=O) groups is 1. The molecule has 0 heterocycles. The average molecular weight is 206 g/mol. The van der Waals surface area contributed by atoms with Gasteiger partial charge in [-0.05, 0) is 44.8 Å². The lowest BCUT2D eigenvalue weighted by molar-refractivity contribution is -0.137. The molecule has 0 aromatic rings. The summed E-state index contributed by atoms with van der Waals surface area (Å²) in [7, 11) is 0. The Hall–Kier alpha value is -1.31. The summed E-state index contributed by atoms with van der Waals surface area (Å²) >= 11 is 0. The van der Waals surface area contributed by atoms with Gasteiger partial charge < -0.3 is 4.74 Å². The first-order chi connectivity index (χ1) is 7.13. The number of allylic oxidation sites excluding steroid dienone is 5. The van der Waals surface area contributed by atoms with Gasteiger partial charge in [-0.25, -0.2) is 4.79 Å². The molecular formula is C13H18O2. The molecule has 0 aliphatic heterocycles. The minimum absolute atomic E-state index is 0.236. The molecule has 0 radical (unpaired) electrons. The Labute approximate surface area is 91.3 Å². The zero-order valence-electron chi connectivity index (χ0n) is 9.67. The summed E-state index contributed by atoms with van der Waals surface area (Å²) in [6, 6.07) is 0. The fraction of sp³-hybridized carbons (Fsp3) is 0.462. The predicted octanol–water partition coefficient (Wildman–Crippen LogP) is 3.16. The Morgan fingerprint density at radius 2 is 2.13 bits per heavy atom. The third-order valence-electron chi connectivity index (χ3n) is 2.49. The van der Waals surface area contributed by atoms with Crippen LogP contribution in [0.5, 0.6) is 0 Å². The summed E-state index contributed by atoms with van der Waals surface area (Å²) in [5, 5.41) is 0. The first kappa shape index (κ1) is 11.8. The van der Waals surface area contributed by atoms with Gasteiger partial charge in [-0.1, -0.05) is 17.7 Å². The van der Waals surface area contributed by atoms with Crippen LogP contribution < -0.4 is 0 Å². The quantitative estimate of drug-likeness (QED) is 0.512. The van der Waals surface area contributed by atoms with Gasteiger partial charge in [0.2, 0.25) is 0 Å². The van der Waals surface area contributed by atoms with Crippen molar-refractivity contribution in [1.29, 1.82) is 0 Å². The van der Waals surface area contributed by atoms with Crippen molar-refractivity contribution < 1.29 is 9.53 Å². The molecule has 1 rings (SSSR count). The Kier molecular flexibility index (Phi) is 4.35. The van der Waals surface area contributed by atoms with Gasteiger partial charge in [0.1, 0.15) is 0 Å². The number of ether oxygens (including phenoxy) is 1. The number of hydrogen-bond donors (Lipinski definition) is 0. The van der Waals surface area contributed by atoms with E-state index in [0.717, 1.165) is 24.0 Å². The van der Waals surface area contributed by atoms with Crippen molar-refractivity contribution in [2.45, 2.75) is 33.6 Å².